The molecule has 0 aromatic heterocycles. The molecule has 1 saturated heterocycles. The third-order valence-electron chi connectivity index (χ3n) is 7.82. The molecule has 2 fully saturated rings. The molecule has 6 nitrogen and oxygen atoms in total. The number of aliphatic hydroxyl groups is 1. The molecule has 0 bridgehead atoms. The molecule has 2 aliphatic heterocycles. The number of piperidine rings is 1. The number of nitrogens with zero attached hydrogens (tertiary/aromatic N) is 1. The highest BCUT2D eigenvalue weighted by molar-refractivity contribution is 6.02. The summed E-state index contributed by atoms with van der Waals surface area (Å²) in [5, 5.41) is 16.8. The van der Waals surface area contributed by atoms with Gasteiger partial charge in [0.15, 0.2) is 11.5 Å². The minimum Gasteiger partial charge on any atom is -0.454 e. The number of ether oxygens (including phenoxy) is 2. The fourth-order valence-corrected chi connectivity index (χ4v) is 6.17. The molecule has 3 aromatic carbocycles. The van der Waals surface area contributed by atoms with Crippen molar-refractivity contribution < 1.29 is 19.4 Å². The lowest BCUT2D eigenvalue weighted by molar-refractivity contribution is -0.135. The van der Waals surface area contributed by atoms with Gasteiger partial charge in [0.25, 0.3) is 0 Å². The number of carbonyl (C=O) groups excluding carboxylic acids is 1. The number of carbonyl (C=O) groups is 1. The number of rotatable bonds is 4. The average Bonchev–Trinajstić information content (AvgIpc) is 3.32. The second kappa shape index (κ2) is 8.60. The van der Waals surface area contributed by atoms with Gasteiger partial charge in [-0.3, -0.25) is 9.69 Å². The number of amides is 1. The highest BCUT2D eigenvalue weighted by atomic mass is 16.7. The first-order valence-electron chi connectivity index (χ1n) is 12.2. The van der Waals surface area contributed by atoms with Crippen molar-refractivity contribution in [3.8, 4) is 11.5 Å². The molecule has 3 aliphatic rings. The van der Waals surface area contributed by atoms with Crippen molar-refractivity contribution in [1.82, 2.24) is 4.90 Å². The number of benzene rings is 3. The maximum absolute atomic E-state index is 13.3. The van der Waals surface area contributed by atoms with E-state index >= 15 is 0 Å². The zero-order valence-electron chi connectivity index (χ0n) is 19.2. The lowest BCUT2D eigenvalue weighted by Crippen LogP contribution is -2.56. The van der Waals surface area contributed by atoms with E-state index < -0.39 is 5.60 Å². The van der Waals surface area contributed by atoms with Gasteiger partial charge in [-0.2, -0.15) is 0 Å². The Kier molecular flexibility index (Phi) is 5.42. The van der Waals surface area contributed by atoms with Gasteiger partial charge in [0.05, 0.1) is 12.1 Å². The number of nitrogens with one attached hydrogen (secondary N) is 1. The second-order valence-corrected chi connectivity index (χ2v) is 9.81. The lowest BCUT2D eigenvalue weighted by atomic mass is 9.66. The van der Waals surface area contributed by atoms with Crippen LogP contribution in [-0.2, 0) is 4.79 Å². The van der Waals surface area contributed by atoms with Gasteiger partial charge in [-0.05, 0) is 48.4 Å². The molecular formula is C28H30N2O4. The van der Waals surface area contributed by atoms with Crippen molar-refractivity contribution in [2.24, 2.45) is 5.92 Å². The number of hydrogen-bond acceptors (Lipinski definition) is 5. The largest absolute Gasteiger partial charge is 0.454 e. The molecule has 1 aliphatic carbocycles. The van der Waals surface area contributed by atoms with Crippen LogP contribution in [0.5, 0.6) is 11.5 Å². The molecule has 2 N–H and O–H groups in total. The normalized spacial score (nSPS) is 26.3. The highest BCUT2D eigenvalue weighted by Crippen LogP contribution is 2.50. The fraction of sp³-hybridized carbons (Fsp3) is 0.393. The quantitative estimate of drug-likeness (QED) is 0.583. The summed E-state index contributed by atoms with van der Waals surface area (Å²) < 4.78 is 11.2. The van der Waals surface area contributed by atoms with Gasteiger partial charge in [0.2, 0.25) is 12.7 Å². The predicted octanol–water partition coefficient (Wildman–Crippen LogP) is 4.88. The van der Waals surface area contributed by atoms with Crippen LogP contribution >= 0.6 is 0 Å². The zero-order valence-corrected chi connectivity index (χ0v) is 19.2. The van der Waals surface area contributed by atoms with E-state index in [1.165, 1.54) is 0 Å². The smallest absolute Gasteiger partial charge is 0.238 e. The molecule has 34 heavy (non-hydrogen) atoms. The third-order valence-corrected chi connectivity index (χ3v) is 7.82. The maximum atomic E-state index is 13.3. The molecule has 6 rings (SSSR count). The number of fused-ring (bicyclic) bond motifs is 3. The number of hydrogen-bond donors (Lipinski definition) is 2. The van der Waals surface area contributed by atoms with Crippen LogP contribution in [0, 0.1) is 5.92 Å². The Hall–Kier alpha value is -3.09. The Morgan fingerprint density at radius 1 is 1.03 bits per heavy atom. The molecule has 1 amide bonds. The summed E-state index contributed by atoms with van der Waals surface area (Å²) in [6.07, 6.45) is 4.64. The van der Waals surface area contributed by atoms with Gasteiger partial charge in [0.1, 0.15) is 0 Å². The van der Waals surface area contributed by atoms with Crippen LogP contribution in [-0.4, -0.2) is 41.4 Å². The maximum Gasteiger partial charge on any atom is 0.238 e. The molecule has 0 radical (unpaired) electrons. The average molecular weight is 459 g/mol. The monoisotopic (exact) mass is 458 g/mol. The van der Waals surface area contributed by atoms with Gasteiger partial charge in [-0.25, -0.2) is 0 Å². The van der Waals surface area contributed by atoms with Crippen LogP contribution in [0.1, 0.15) is 43.7 Å². The van der Waals surface area contributed by atoms with E-state index in [2.05, 4.69) is 28.4 Å². The van der Waals surface area contributed by atoms with E-state index in [1.54, 1.807) is 0 Å². The van der Waals surface area contributed by atoms with Gasteiger partial charge >= 0.3 is 0 Å². The van der Waals surface area contributed by atoms with Crippen molar-refractivity contribution in [3.63, 3.8) is 0 Å². The van der Waals surface area contributed by atoms with Crippen LogP contribution in [0.4, 0.5) is 5.69 Å². The predicted molar refractivity (Wildman–Crippen MR) is 131 cm³/mol. The fourth-order valence-electron chi connectivity index (χ4n) is 6.17. The molecule has 3 aromatic rings. The molecular weight excluding hydrogens is 428 g/mol. The first kappa shape index (κ1) is 21.4. The molecule has 176 valence electrons. The van der Waals surface area contributed by atoms with E-state index in [0.29, 0.717) is 13.0 Å². The minimum atomic E-state index is -0.679. The van der Waals surface area contributed by atoms with Crippen LogP contribution in [0.15, 0.2) is 60.7 Å². The van der Waals surface area contributed by atoms with Crippen molar-refractivity contribution >= 4 is 22.4 Å². The lowest BCUT2D eigenvalue weighted by Gasteiger charge is -2.52. The Morgan fingerprint density at radius 3 is 2.82 bits per heavy atom. The summed E-state index contributed by atoms with van der Waals surface area (Å²) in [7, 11) is 0. The first-order valence-corrected chi connectivity index (χ1v) is 12.2. The van der Waals surface area contributed by atoms with E-state index in [4.69, 9.17) is 9.47 Å². The Balaban J connectivity index is 1.29. The Labute approximate surface area is 199 Å². The van der Waals surface area contributed by atoms with Gasteiger partial charge in [-0.15, -0.1) is 0 Å². The summed E-state index contributed by atoms with van der Waals surface area (Å²) >= 11 is 0. The number of likely N-dealkylation sites (tertiary alicyclic amines) is 1. The molecule has 0 unspecified atom stereocenters. The van der Waals surface area contributed by atoms with Gasteiger partial charge in [0, 0.05) is 29.6 Å². The van der Waals surface area contributed by atoms with Crippen LogP contribution < -0.4 is 14.8 Å². The number of anilines is 1. The Bertz CT molecular complexity index is 1220. The third kappa shape index (κ3) is 3.81. The van der Waals surface area contributed by atoms with E-state index in [-0.39, 0.29) is 31.2 Å². The summed E-state index contributed by atoms with van der Waals surface area (Å²) in [5.41, 5.74) is 1.23. The van der Waals surface area contributed by atoms with E-state index in [1.807, 2.05) is 42.5 Å². The molecule has 6 heteroatoms. The van der Waals surface area contributed by atoms with Crippen LogP contribution in [0.25, 0.3) is 10.8 Å². The summed E-state index contributed by atoms with van der Waals surface area (Å²) in [4.78, 5) is 15.5. The van der Waals surface area contributed by atoms with E-state index in [0.717, 1.165) is 59.2 Å². The zero-order chi connectivity index (χ0) is 23.1. The Morgan fingerprint density at radius 2 is 1.88 bits per heavy atom. The summed E-state index contributed by atoms with van der Waals surface area (Å²) in [6, 6.07) is 20.0. The summed E-state index contributed by atoms with van der Waals surface area (Å²) in [5.74, 6) is 1.53. The second-order valence-electron chi connectivity index (χ2n) is 9.81. The van der Waals surface area contributed by atoms with Crippen LogP contribution in [0.3, 0.4) is 0 Å². The minimum absolute atomic E-state index is 0.0386. The molecule has 3 atom stereocenters. The van der Waals surface area contributed by atoms with Gasteiger partial charge < -0.3 is 19.9 Å². The topological polar surface area (TPSA) is 71.0 Å². The molecule has 1 saturated carbocycles. The molecule has 0 spiro atoms. The van der Waals surface area contributed by atoms with E-state index in [9.17, 15) is 9.90 Å². The van der Waals surface area contributed by atoms with Gasteiger partial charge in [-0.1, -0.05) is 55.3 Å². The molecule has 2 heterocycles. The standard InChI is InChI=1S/C28H30N2O4/c31-26(29-23-10-5-7-19-6-1-2-8-21(19)23)17-30-15-14-28(32)13-4-3-9-22(28)27(30)20-11-12-24-25(16-20)34-18-33-24/h1-2,5-8,10-12,16,22,27,32H,3-4,9,13-15,17-18H2,(H,29,31)/t22-,27-,28+/m0/s1. The van der Waals surface area contributed by atoms with Crippen molar-refractivity contribution in [1.29, 1.82) is 0 Å². The van der Waals surface area contributed by atoms with Crippen molar-refractivity contribution in [3.05, 3.63) is 66.2 Å². The van der Waals surface area contributed by atoms with Crippen molar-refractivity contribution in [2.45, 2.75) is 43.7 Å². The SMILES string of the molecule is O=C(CN1CC[C@]2(O)CCCC[C@H]2[C@@H]1c1ccc2c(c1)OCO2)Nc1cccc2ccccc12. The van der Waals surface area contributed by atoms with Crippen molar-refractivity contribution in [2.75, 3.05) is 25.2 Å². The first-order chi connectivity index (χ1) is 16.6. The van der Waals surface area contributed by atoms with Crippen LogP contribution in [0.2, 0.25) is 0 Å². The highest BCUT2D eigenvalue weighted by Gasteiger charge is 2.49. The summed E-state index contributed by atoms with van der Waals surface area (Å²) in [6.45, 7) is 1.18.